The number of pyridine rings is 1. The van der Waals surface area contributed by atoms with Gasteiger partial charge in [0.05, 0.1) is 24.1 Å². The lowest BCUT2D eigenvalue weighted by molar-refractivity contribution is -0.143. The standard InChI is InChI=1S/C17H19NO3/c19-17(20)13-6-8-15(9-7-13)21-11-14-4-1-3-12-5-2-10-18-16(12)14/h1-5,10,13,15H,6-9,11H2,(H,19,20). The summed E-state index contributed by atoms with van der Waals surface area (Å²) in [6.45, 7) is 0.538. The number of nitrogens with zero attached hydrogens (tertiary/aromatic N) is 1. The quantitative estimate of drug-likeness (QED) is 0.935. The van der Waals surface area contributed by atoms with Crippen molar-refractivity contribution in [2.75, 3.05) is 0 Å². The Labute approximate surface area is 123 Å². The molecular formula is C17H19NO3. The average molecular weight is 285 g/mol. The zero-order chi connectivity index (χ0) is 14.7. The highest BCUT2D eigenvalue weighted by molar-refractivity contribution is 5.81. The molecule has 3 rings (SSSR count). The summed E-state index contributed by atoms with van der Waals surface area (Å²) in [4.78, 5) is 15.4. The second-order valence-electron chi connectivity index (χ2n) is 5.62. The van der Waals surface area contributed by atoms with E-state index < -0.39 is 5.97 Å². The molecular weight excluding hydrogens is 266 g/mol. The number of para-hydroxylation sites is 1. The Balaban J connectivity index is 1.61. The molecule has 0 saturated heterocycles. The van der Waals surface area contributed by atoms with Crippen LogP contribution in [0.5, 0.6) is 0 Å². The largest absolute Gasteiger partial charge is 0.481 e. The maximum absolute atomic E-state index is 10.9. The molecule has 21 heavy (non-hydrogen) atoms. The third kappa shape index (κ3) is 3.22. The van der Waals surface area contributed by atoms with Crippen LogP contribution in [-0.4, -0.2) is 22.2 Å². The molecule has 1 saturated carbocycles. The van der Waals surface area contributed by atoms with Gasteiger partial charge in [-0.25, -0.2) is 0 Å². The van der Waals surface area contributed by atoms with E-state index in [0.717, 1.165) is 29.3 Å². The molecule has 1 aromatic carbocycles. The number of hydrogen-bond acceptors (Lipinski definition) is 3. The summed E-state index contributed by atoms with van der Waals surface area (Å²) in [5.74, 6) is -0.865. The fraction of sp³-hybridized carbons (Fsp3) is 0.412. The number of ether oxygens (including phenoxy) is 1. The Morgan fingerprint density at radius 1 is 1.19 bits per heavy atom. The molecule has 0 bridgehead atoms. The minimum absolute atomic E-state index is 0.166. The van der Waals surface area contributed by atoms with Crippen molar-refractivity contribution in [2.24, 2.45) is 5.92 Å². The van der Waals surface area contributed by atoms with Gasteiger partial charge in [-0.1, -0.05) is 24.3 Å². The van der Waals surface area contributed by atoms with E-state index in [-0.39, 0.29) is 12.0 Å². The Morgan fingerprint density at radius 3 is 2.71 bits per heavy atom. The average Bonchev–Trinajstić information content (AvgIpc) is 2.53. The smallest absolute Gasteiger partial charge is 0.306 e. The summed E-state index contributed by atoms with van der Waals surface area (Å²) in [6.07, 6.45) is 5.05. The van der Waals surface area contributed by atoms with Crippen molar-refractivity contribution in [3.05, 3.63) is 42.1 Å². The van der Waals surface area contributed by atoms with Gasteiger partial charge in [0.25, 0.3) is 0 Å². The monoisotopic (exact) mass is 285 g/mol. The Morgan fingerprint density at radius 2 is 1.95 bits per heavy atom. The zero-order valence-electron chi connectivity index (χ0n) is 11.9. The summed E-state index contributed by atoms with van der Waals surface area (Å²) >= 11 is 0. The zero-order valence-corrected chi connectivity index (χ0v) is 11.9. The van der Waals surface area contributed by atoms with Gasteiger partial charge < -0.3 is 9.84 Å². The lowest BCUT2D eigenvalue weighted by Crippen LogP contribution is -2.25. The number of hydrogen-bond donors (Lipinski definition) is 1. The van der Waals surface area contributed by atoms with Gasteiger partial charge >= 0.3 is 5.97 Å². The molecule has 1 aromatic heterocycles. The summed E-state index contributed by atoms with van der Waals surface area (Å²) in [6, 6.07) is 10.1. The fourth-order valence-corrected chi connectivity index (χ4v) is 2.97. The van der Waals surface area contributed by atoms with Gasteiger partial charge in [-0.05, 0) is 31.7 Å². The molecule has 0 spiro atoms. The van der Waals surface area contributed by atoms with E-state index in [1.807, 2.05) is 30.3 Å². The lowest BCUT2D eigenvalue weighted by atomic mass is 9.87. The molecule has 2 aromatic rings. The van der Waals surface area contributed by atoms with Gasteiger partial charge in [0, 0.05) is 17.1 Å². The van der Waals surface area contributed by atoms with Gasteiger partial charge in [-0.15, -0.1) is 0 Å². The van der Waals surface area contributed by atoms with Crippen LogP contribution in [0.25, 0.3) is 10.9 Å². The molecule has 4 nitrogen and oxygen atoms in total. The van der Waals surface area contributed by atoms with Gasteiger partial charge in [0.1, 0.15) is 0 Å². The third-order valence-corrected chi connectivity index (χ3v) is 4.21. The minimum Gasteiger partial charge on any atom is -0.481 e. The number of aromatic nitrogens is 1. The van der Waals surface area contributed by atoms with E-state index in [9.17, 15) is 4.79 Å². The van der Waals surface area contributed by atoms with E-state index in [1.165, 1.54) is 0 Å². The number of rotatable bonds is 4. The van der Waals surface area contributed by atoms with Crippen LogP contribution in [0, 0.1) is 5.92 Å². The van der Waals surface area contributed by atoms with Crippen LogP contribution in [0.1, 0.15) is 31.2 Å². The molecule has 1 N–H and O–H groups in total. The van der Waals surface area contributed by atoms with Crippen LogP contribution < -0.4 is 0 Å². The molecule has 0 unspecified atom stereocenters. The fourth-order valence-electron chi connectivity index (χ4n) is 2.97. The molecule has 0 amide bonds. The second-order valence-corrected chi connectivity index (χ2v) is 5.62. The van der Waals surface area contributed by atoms with Crippen LogP contribution in [-0.2, 0) is 16.1 Å². The number of carboxylic acid groups (broad SMARTS) is 1. The van der Waals surface area contributed by atoms with Crippen molar-refractivity contribution in [3.8, 4) is 0 Å². The van der Waals surface area contributed by atoms with Crippen molar-refractivity contribution in [2.45, 2.75) is 38.4 Å². The Kier molecular flexibility index (Phi) is 4.15. The summed E-state index contributed by atoms with van der Waals surface area (Å²) in [7, 11) is 0. The topological polar surface area (TPSA) is 59.4 Å². The molecule has 0 aliphatic heterocycles. The molecule has 0 atom stereocenters. The number of benzene rings is 1. The SMILES string of the molecule is O=C(O)C1CCC(OCc2cccc3cccnc23)CC1. The van der Waals surface area contributed by atoms with Gasteiger partial charge in [0.2, 0.25) is 0 Å². The van der Waals surface area contributed by atoms with Crippen molar-refractivity contribution in [1.29, 1.82) is 0 Å². The van der Waals surface area contributed by atoms with Crippen molar-refractivity contribution < 1.29 is 14.6 Å². The van der Waals surface area contributed by atoms with Crippen LogP contribution >= 0.6 is 0 Å². The van der Waals surface area contributed by atoms with Gasteiger partial charge in [-0.3, -0.25) is 9.78 Å². The highest BCUT2D eigenvalue weighted by Gasteiger charge is 2.26. The van der Waals surface area contributed by atoms with E-state index in [2.05, 4.69) is 4.98 Å². The first-order valence-electron chi connectivity index (χ1n) is 7.41. The molecule has 1 fully saturated rings. The predicted molar refractivity (Wildman–Crippen MR) is 79.9 cm³/mol. The number of carbonyl (C=O) groups is 1. The van der Waals surface area contributed by atoms with Crippen LogP contribution in [0.2, 0.25) is 0 Å². The normalized spacial score (nSPS) is 22.3. The molecule has 110 valence electrons. The first kappa shape index (κ1) is 14.0. The summed E-state index contributed by atoms with van der Waals surface area (Å²) in [5.41, 5.74) is 2.08. The molecule has 1 aliphatic carbocycles. The lowest BCUT2D eigenvalue weighted by Gasteiger charge is -2.26. The molecule has 1 aliphatic rings. The maximum Gasteiger partial charge on any atom is 0.306 e. The van der Waals surface area contributed by atoms with E-state index in [1.54, 1.807) is 6.20 Å². The second kappa shape index (κ2) is 6.22. The van der Waals surface area contributed by atoms with Crippen molar-refractivity contribution >= 4 is 16.9 Å². The summed E-state index contributed by atoms with van der Waals surface area (Å²) < 4.78 is 5.97. The third-order valence-electron chi connectivity index (χ3n) is 4.21. The first-order valence-corrected chi connectivity index (χ1v) is 7.41. The van der Waals surface area contributed by atoms with Crippen LogP contribution in [0.3, 0.4) is 0 Å². The van der Waals surface area contributed by atoms with Crippen LogP contribution in [0.15, 0.2) is 36.5 Å². The molecule has 4 heteroatoms. The predicted octanol–water partition coefficient (Wildman–Crippen LogP) is 3.39. The molecule has 0 radical (unpaired) electrons. The number of fused-ring (bicyclic) bond motifs is 1. The Bertz CT molecular complexity index is 627. The highest BCUT2D eigenvalue weighted by atomic mass is 16.5. The van der Waals surface area contributed by atoms with Gasteiger partial charge in [-0.2, -0.15) is 0 Å². The van der Waals surface area contributed by atoms with E-state index in [0.29, 0.717) is 19.4 Å². The first-order chi connectivity index (χ1) is 10.2. The number of aliphatic carboxylic acids is 1. The van der Waals surface area contributed by atoms with Gasteiger partial charge in [0.15, 0.2) is 0 Å². The van der Waals surface area contributed by atoms with Crippen LogP contribution in [0.4, 0.5) is 0 Å². The van der Waals surface area contributed by atoms with Crippen molar-refractivity contribution in [1.82, 2.24) is 4.98 Å². The summed E-state index contributed by atoms with van der Waals surface area (Å²) in [5, 5.41) is 10.1. The van der Waals surface area contributed by atoms with E-state index in [4.69, 9.17) is 9.84 Å². The minimum atomic E-state index is -0.674. The maximum atomic E-state index is 10.9. The van der Waals surface area contributed by atoms with Crippen molar-refractivity contribution in [3.63, 3.8) is 0 Å². The Hall–Kier alpha value is -1.94. The number of carboxylic acids is 1. The highest BCUT2D eigenvalue weighted by Crippen LogP contribution is 2.27. The van der Waals surface area contributed by atoms with E-state index >= 15 is 0 Å². The molecule has 1 heterocycles.